The monoisotopic (exact) mass is 309 g/mol. The number of aliphatic hydroxyl groups excluding tert-OH is 1. The Hall–Kier alpha value is 0.180. The molecule has 3 atom stereocenters. The van der Waals surface area contributed by atoms with Crippen LogP contribution in [0.1, 0.15) is 19.3 Å². The molecule has 0 radical (unpaired) electrons. The maximum Gasteiger partial charge on any atom is 0.211 e. The zero-order valence-corrected chi connectivity index (χ0v) is 13.0. The number of nitrogens with zero attached hydrogens (tertiary/aromatic N) is 1. The molecule has 7 heteroatoms. The predicted molar refractivity (Wildman–Crippen MR) is 76.8 cm³/mol. The number of piperidine rings is 1. The summed E-state index contributed by atoms with van der Waals surface area (Å²) in [4.78, 5) is 0. The third-order valence-corrected chi connectivity index (χ3v) is 6.09. The lowest BCUT2D eigenvalue weighted by molar-refractivity contribution is -0.0339. The van der Waals surface area contributed by atoms with Crippen LogP contribution in [0.5, 0.6) is 0 Å². The van der Waals surface area contributed by atoms with E-state index in [1.54, 1.807) is 11.8 Å². The Kier molecular flexibility index (Phi) is 5.54. The Morgan fingerprint density at radius 1 is 1.53 bits per heavy atom. The van der Waals surface area contributed by atoms with Crippen molar-refractivity contribution in [2.24, 2.45) is 5.92 Å². The maximum atomic E-state index is 11.6. The lowest BCUT2D eigenvalue weighted by Crippen LogP contribution is -2.42. The fourth-order valence-electron chi connectivity index (χ4n) is 2.74. The van der Waals surface area contributed by atoms with Crippen molar-refractivity contribution < 1.29 is 18.3 Å². The first kappa shape index (κ1) is 15.6. The maximum absolute atomic E-state index is 11.6. The van der Waals surface area contributed by atoms with Gasteiger partial charge in [0, 0.05) is 24.6 Å². The molecule has 5 nitrogen and oxygen atoms in total. The highest BCUT2D eigenvalue weighted by molar-refractivity contribution is 7.99. The van der Waals surface area contributed by atoms with Crippen molar-refractivity contribution in [3.8, 4) is 0 Å². The number of rotatable bonds is 4. The Balaban J connectivity index is 1.84. The molecule has 2 saturated heterocycles. The molecule has 0 aromatic rings. The average Bonchev–Trinajstić information content (AvgIpc) is 2.39. The molecule has 2 aliphatic heterocycles. The van der Waals surface area contributed by atoms with E-state index >= 15 is 0 Å². The first-order valence-corrected chi connectivity index (χ1v) is 9.79. The molecule has 2 aliphatic rings. The summed E-state index contributed by atoms with van der Waals surface area (Å²) in [7, 11) is -3.10. The van der Waals surface area contributed by atoms with Gasteiger partial charge in [0.25, 0.3) is 0 Å². The molecule has 0 amide bonds. The molecule has 0 aliphatic carbocycles. The largest absolute Gasteiger partial charge is 0.390 e. The van der Waals surface area contributed by atoms with Crippen molar-refractivity contribution in [3.05, 3.63) is 0 Å². The topological polar surface area (TPSA) is 66.8 Å². The number of aliphatic hydroxyl groups is 1. The molecule has 0 spiro atoms. The van der Waals surface area contributed by atoms with Crippen LogP contribution >= 0.6 is 11.8 Å². The van der Waals surface area contributed by atoms with Crippen molar-refractivity contribution in [2.75, 3.05) is 37.5 Å². The van der Waals surface area contributed by atoms with Crippen molar-refractivity contribution in [1.82, 2.24) is 4.31 Å². The van der Waals surface area contributed by atoms with E-state index in [2.05, 4.69) is 0 Å². The summed E-state index contributed by atoms with van der Waals surface area (Å²) in [6.45, 7) is 1.85. The van der Waals surface area contributed by atoms with Crippen molar-refractivity contribution in [3.63, 3.8) is 0 Å². The number of sulfonamides is 1. The molecular formula is C12H23NO4S2. The van der Waals surface area contributed by atoms with Crippen LogP contribution in [0.15, 0.2) is 0 Å². The van der Waals surface area contributed by atoms with Crippen molar-refractivity contribution in [2.45, 2.75) is 31.5 Å². The molecule has 1 N–H and O–H groups in total. The van der Waals surface area contributed by atoms with Crippen LogP contribution in [0.3, 0.4) is 0 Å². The zero-order valence-electron chi connectivity index (χ0n) is 11.3. The minimum Gasteiger partial charge on any atom is -0.390 e. The Morgan fingerprint density at radius 3 is 2.95 bits per heavy atom. The highest BCUT2D eigenvalue weighted by Crippen LogP contribution is 2.26. The molecule has 0 saturated carbocycles. The number of hydrogen-bond acceptors (Lipinski definition) is 5. The van der Waals surface area contributed by atoms with Gasteiger partial charge in [-0.25, -0.2) is 12.7 Å². The number of hydrogen-bond donors (Lipinski definition) is 1. The van der Waals surface area contributed by atoms with Gasteiger partial charge in [-0.15, -0.1) is 0 Å². The average molecular weight is 309 g/mol. The van der Waals surface area contributed by atoms with Crippen molar-refractivity contribution in [1.29, 1.82) is 0 Å². The normalized spacial score (nSPS) is 32.1. The predicted octanol–water partition coefficient (Wildman–Crippen LogP) is 0.541. The quantitative estimate of drug-likeness (QED) is 0.821. The van der Waals surface area contributed by atoms with Crippen LogP contribution in [0, 0.1) is 5.92 Å². The summed E-state index contributed by atoms with van der Waals surface area (Å²) in [5.74, 6) is 2.08. The van der Waals surface area contributed by atoms with E-state index in [0.717, 1.165) is 24.3 Å². The Bertz CT molecular complexity index is 381. The van der Waals surface area contributed by atoms with Gasteiger partial charge in [-0.1, -0.05) is 0 Å². The van der Waals surface area contributed by atoms with Gasteiger partial charge < -0.3 is 9.84 Å². The molecule has 2 fully saturated rings. The van der Waals surface area contributed by atoms with Crippen LogP contribution in [-0.4, -0.2) is 67.5 Å². The molecule has 0 bridgehead atoms. The van der Waals surface area contributed by atoms with E-state index in [0.29, 0.717) is 26.1 Å². The fourth-order valence-corrected chi connectivity index (χ4v) is 4.62. The van der Waals surface area contributed by atoms with Gasteiger partial charge in [-0.05, 0) is 25.2 Å². The van der Waals surface area contributed by atoms with Gasteiger partial charge in [0.1, 0.15) is 0 Å². The number of ether oxygens (including phenoxy) is 1. The third-order valence-electron chi connectivity index (χ3n) is 3.80. The smallest absolute Gasteiger partial charge is 0.211 e. The first-order chi connectivity index (χ1) is 8.97. The first-order valence-electron chi connectivity index (χ1n) is 6.79. The highest BCUT2D eigenvalue weighted by Gasteiger charge is 2.30. The van der Waals surface area contributed by atoms with Crippen LogP contribution < -0.4 is 0 Å². The molecule has 2 rings (SSSR count). The van der Waals surface area contributed by atoms with Crippen LogP contribution in [0.2, 0.25) is 0 Å². The lowest BCUT2D eigenvalue weighted by atomic mass is 9.92. The molecule has 0 aromatic heterocycles. The van der Waals surface area contributed by atoms with E-state index in [4.69, 9.17) is 4.74 Å². The lowest BCUT2D eigenvalue weighted by Gasteiger charge is -2.34. The fraction of sp³-hybridized carbons (Fsp3) is 1.00. The summed E-state index contributed by atoms with van der Waals surface area (Å²) >= 11 is 1.81. The zero-order chi connectivity index (χ0) is 13.9. The molecule has 0 aromatic carbocycles. The van der Waals surface area contributed by atoms with E-state index in [9.17, 15) is 13.5 Å². The summed E-state index contributed by atoms with van der Waals surface area (Å²) in [6.07, 6.45) is 3.20. The number of thioether (sulfide) groups is 1. The second-order valence-electron chi connectivity index (χ2n) is 5.42. The Labute approximate surface area is 119 Å². The highest BCUT2D eigenvalue weighted by atomic mass is 32.2. The SMILES string of the molecule is CS(=O)(=O)N1CCCC(CC(O)C2CSCCO2)C1. The molecule has 19 heavy (non-hydrogen) atoms. The summed E-state index contributed by atoms with van der Waals surface area (Å²) in [5.41, 5.74) is 0. The molecule has 2 heterocycles. The molecule has 3 unspecified atom stereocenters. The van der Waals surface area contributed by atoms with Gasteiger partial charge in [0.2, 0.25) is 10.0 Å². The van der Waals surface area contributed by atoms with Gasteiger partial charge in [0.15, 0.2) is 0 Å². The van der Waals surface area contributed by atoms with E-state index in [1.807, 2.05) is 0 Å². The van der Waals surface area contributed by atoms with Crippen LogP contribution in [0.4, 0.5) is 0 Å². The molecule has 112 valence electrons. The third kappa shape index (κ3) is 4.60. The van der Waals surface area contributed by atoms with Gasteiger partial charge in [-0.2, -0.15) is 11.8 Å². The van der Waals surface area contributed by atoms with Gasteiger partial charge >= 0.3 is 0 Å². The second kappa shape index (κ2) is 6.76. The van der Waals surface area contributed by atoms with Gasteiger partial charge in [0.05, 0.1) is 25.1 Å². The van der Waals surface area contributed by atoms with Crippen LogP contribution in [0.25, 0.3) is 0 Å². The van der Waals surface area contributed by atoms with E-state index < -0.39 is 16.1 Å². The summed E-state index contributed by atoms with van der Waals surface area (Å²) in [6, 6.07) is 0. The summed E-state index contributed by atoms with van der Waals surface area (Å²) in [5, 5.41) is 10.2. The second-order valence-corrected chi connectivity index (χ2v) is 8.55. The minimum atomic E-state index is -3.10. The van der Waals surface area contributed by atoms with Crippen LogP contribution in [-0.2, 0) is 14.8 Å². The minimum absolute atomic E-state index is 0.0904. The van der Waals surface area contributed by atoms with E-state index in [1.165, 1.54) is 10.6 Å². The van der Waals surface area contributed by atoms with E-state index in [-0.39, 0.29) is 12.0 Å². The van der Waals surface area contributed by atoms with Gasteiger partial charge in [-0.3, -0.25) is 0 Å². The Morgan fingerprint density at radius 2 is 2.32 bits per heavy atom. The van der Waals surface area contributed by atoms with Crippen molar-refractivity contribution >= 4 is 21.8 Å². The molecular weight excluding hydrogens is 286 g/mol. The standard InChI is InChI=1S/C12H23NO4S2/c1-19(15,16)13-4-2-3-10(8-13)7-11(14)12-9-18-6-5-17-12/h10-12,14H,2-9H2,1H3. The summed E-state index contributed by atoms with van der Waals surface area (Å²) < 4.78 is 30.2.